The van der Waals surface area contributed by atoms with Gasteiger partial charge in [-0.1, -0.05) is 27.2 Å². The van der Waals surface area contributed by atoms with Crippen molar-refractivity contribution in [3.05, 3.63) is 18.0 Å². The van der Waals surface area contributed by atoms with Gasteiger partial charge in [0.25, 0.3) is 0 Å². The van der Waals surface area contributed by atoms with Crippen molar-refractivity contribution in [2.75, 3.05) is 13.2 Å². The molecular formula is C16H31N3O. The summed E-state index contributed by atoms with van der Waals surface area (Å²) in [6.45, 7) is 11.4. The monoisotopic (exact) mass is 281 g/mol. The van der Waals surface area contributed by atoms with Crippen LogP contribution in [-0.2, 0) is 11.3 Å². The fourth-order valence-corrected chi connectivity index (χ4v) is 2.58. The second-order valence-electron chi connectivity index (χ2n) is 5.19. The van der Waals surface area contributed by atoms with E-state index in [2.05, 4.69) is 48.9 Å². The molecule has 20 heavy (non-hydrogen) atoms. The van der Waals surface area contributed by atoms with E-state index in [-0.39, 0.29) is 12.1 Å². The summed E-state index contributed by atoms with van der Waals surface area (Å²) in [5, 5.41) is 8.11. The molecule has 116 valence electrons. The number of aromatic nitrogens is 2. The lowest BCUT2D eigenvalue weighted by molar-refractivity contribution is 0.0253. The number of hydrogen-bond acceptors (Lipinski definition) is 3. The fourth-order valence-electron chi connectivity index (χ4n) is 2.58. The van der Waals surface area contributed by atoms with Crippen LogP contribution in [-0.4, -0.2) is 29.0 Å². The summed E-state index contributed by atoms with van der Waals surface area (Å²) in [5.74, 6) is 0. The van der Waals surface area contributed by atoms with Gasteiger partial charge in [-0.15, -0.1) is 0 Å². The first-order valence-corrected chi connectivity index (χ1v) is 8.15. The van der Waals surface area contributed by atoms with E-state index in [1.54, 1.807) is 0 Å². The Hall–Kier alpha value is -0.870. The summed E-state index contributed by atoms with van der Waals surface area (Å²) in [7, 11) is 0. The van der Waals surface area contributed by atoms with Crippen molar-refractivity contribution in [1.82, 2.24) is 15.1 Å². The highest BCUT2D eigenvalue weighted by molar-refractivity contribution is 5.09. The van der Waals surface area contributed by atoms with Crippen LogP contribution in [0.5, 0.6) is 0 Å². The Morgan fingerprint density at radius 2 is 2.00 bits per heavy atom. The SMILES string of the molecule is CCCNC(c1ccnn1CCC)C(CCC)OCC. The van der Waals surface area contributed by atoms with E-state index < -0.39 is 0 Å². The molecule has 0 amide bonds. The lowest BCUT2D eigenvalue weighted by atomic mass is 10.0. The van der Waals surface area contributed by atoms with Crippen LogP contribution in [0.4, 0.5) is 0 Å². The van der Waals surface area contributed by atoms with Crippen LogP contribution < -0.4 is 5.32 Å². The summed E-state index contributed by atoms with van der Waals surface area (Å²) in [4.78, 5) is 0. The molecule has 4 heteroatoms. The average molecular weight is 281 g/mol. The third kappa shape index (κ3) is 4.91. The number of hydrogen-bond donors (Lipinski definition) is 1. The third-order valence-corrected chi connectivity index (χ3v) is 3.44. The molecule has 0 bridgehead atoms. The summed E-state index contributed by atoms with van der Waals surface area (Å²) < 4.78 is 8.11. The second-order valence-corrected chi connectivity index (χ2v) is 5.19. The molecule has 0 aliphatic heterocycles. The molecule has 2 atom stereocenters. The quantitative estimate of drug-likeness (QED) is 0.674. The van der Waals surface area contributed by atoms with Gasteiger partial charge in [-0.3, -0.25) is 4.68 Å². The van der Waals surface area contributed by atoms with Crippen molar-refractivity contribution in [3.63, 3.8) is 0 Å². The van der Waals surface area contributed by atoms with E-state index in [1.165, 1.54) is 5.69 Å². The van der Waals surface area contributed by atoms with Gasteiger partial charge in [-0.2, -0.15) is 5.10 Å². The Balaban J connectivity index is 2.92. The highest BCUT2D eigenvalue weighted by atomic mass is 16.5. The number of aryl methyl sites for hydroxylation is 1. The van der Waals surface area contributed by atoms with Crippen LogP contribution in [0.15, 0.2) is 12.3 Å². The van der Waals surface area contributed by atoms with E-state index >= 15 is 0 Å². The van der Waals surface area contributed by atoms with Crippen LogP contribution in [0, 0.1) is 0 Å². The highest BCUT2D eigenvalue weighted by Crippen LogP contribution is 2.23. The lowest BCUT2D eigenvalue weighted by Gasteiger charge is -2.28. The third-order valence-electron chi connectivity index (χ3n) is 3.44. The van der Waals surface area contributed by atoms with E-state index in [0.717, 1.165) is 45.4 Å². The molecule has 0 fully saturated rings. The maximum absolute atomic E-state index is 5.99. The van der Waals surface area contributed by atoms with Crippen molar-refractivity contribution in [2.45, 2.75) is 72.1 Å². The maximum Gasteiger partial charge on any atom is 0.0784 e. The van der Waals surface area contributed by atoms with Crippen molar-refractivity contribution in [3.8, 4) is 0 Å². The van der Waals surface area contributed by atoms with Crippen LogP contribution in [0.25, 0.3) is 0 Å². The molecule has 1 N–H and O–H groups in total. The first kappa shape index (κ1) is 17.2. The fraction of sp³-hybridized carbons (Fsp3) is 0.812. The van der Waals surface area contributed by atoms with Crippen LogP contribution in [0.3, 0.4) is 0 Å². The predicted octanol–water partition coefficient (Wildman–Crippen LogP) is 3.54. The number of rotatable bonds is 11. The van der Waals surface area contributed by atoms with Gasteiger partial charge >= 0.3 is 0 Å². The van der Waals surface area contributed by atoms with E-state index in [1.807, 2.05) is 6.20 Å². The van der Waals surface area contributed by atoms with Gasteiger partial charge in [-0.25, -0.2) is 0 Å². The second kappa shape index (κ2) is 9.94. The molecule has 1 aromatic heterocycles. The summed E-state index contributed by atoms with van der Waals surface area (Å²) in [6, 6.07) is 2.37. The molecule has 0 spiro atoms. The molecule has 4 nitrogen and oxygen atoms in total. The smallest absolute Gasteiger partial charge is 0.0784 e. The van der Waals surface area contributed by atoms with E-state index in [9.17, 15) is 0 Å². The molecule has 1 heterocycles. The van der Waals surface area contributed by atoms with Gasteiger partial charge in [0.1, 0.15) is 0 Å². The van der Waals surface area contributed by atoms with Crippen molar-refractivity contribution >= 4 is 0 Å². The zero-order valence-electron chi connectivity index (χ0n) is 13.6. The van der Waals surface area contributed by atoms with E-state index in [4.69, 9.17) is 4.74 Å². The normalized spacial score (nSPS) is 14.4. The minimum Gasteiger partial charge on any atom is -0.376 e. The van der Waals surface area contributed by atoms with Gasteiger partial charge in [0.05, 0.1) is 17.8 Å². The summed E-state index contributed by atoms with van der Waals surface area (Å²) >= 11 is 0. The standard InChI is InChI=1S/C16H31N3O/c1-5-9-15(20-8-4)16(17-11-6-2)14-10-12-18-19(14)13-7-3/h10,12,15-17H,5-9,11,13H2,1-4H3. The van der Waals surface area contributed by atoms with Crippen molar-refractivity contribution in [2.24, 2.45) is 0 Å². The summed E-state index contributed by atoms with van der Waals surface area (Å²) in [6.07, 6.45) is 6.57. The number of nitrogens with one attached hydrogen (secondary N) is 1. The number of ether oxygens (including phenoxy) is 1. The minimum absolute atomic E-state index is 0.226. The van der Waals surface area contributed by atoms with Crippen LogP contribution in [0.1, 0.15) is 65.1 Å². The molecule has 2 unspecified atom stereocenters. The average Bonchev–Trinajstić information content (AvgIpc) is 2.88. The topological polar surface area (TPSA) is 39.1 Å². The van der Waals surface area contributed by atoms with Crippen molar-refractivity contribution < 1.29 is 4.74 Å². The minimum atomic E-state index is 0.226. The molecule has 0 aliphatic rings. The van der Waals surface area contributed by atoms with Gasteiger partial charge in [0.2, 0.25) is 0 Å². The van der Waals surface area contributed by atoms with E-state index in [0.29, 0.717) is 0 Å². The first-order chi connectivity index (χ1) is 9.78. The molecule has 0 aliphatic carbocycles. The van der Waals surface area contributed by atoms with Gasteiger partial charge < -0.3 is 10.1 Å². The Morgan fingerprint density at radius 1 is 1.20 bits per heavy atom. The molecule has 1 rings (SSSR count). The summed E-state index contributed by atoms with van der Waals surface area (Å²) in [5.41, 5.74) is 1.26. The largest absolute Gasteiger partial charge is 0.376 e. The highest BCUT2D eigenvalue weighted by Gasteiger charge is 2.25. The molecule has 0 saturated carbocycles. The molecule has 0 saturated heterocycles. The Morgan fingerprint density at radius 3 is 2.60 bits per heavy atom. The first-order valence-electron chi connectivity index (χ1n) is 8.15. The predicted molar refractivity (Wildman–Crippen MR) is 83.9 cm³/mol. The molecule has 0 aromatic carbocycles. The molecule has 1 aromatic rings. The maximum atomic E-state index is 5.99. The van der Waals surface area contributed by atoms with Gasteiger partial charge in [-0.05, 0) is 38.8 Å². The molecular weight excluding hydrogens is 250 g/mol. The lowest BCUT2D eigenvalue weighted by Crippen LogP contribution is -2.36. The zero-order chi connectivity index (χ0) is 14.8. The Labute approximate surface area is 123 Å². The van der Waals surface area contributed by atoms with Gasteiger partial charge in [0.15, 0.2) is 0 Å². The number of nitrogens with zero attached hydrogens (tertiary/aromatic N) is 2. The van der Waals surface area contributed by atoms with Crippen LogP contribution >= 0.6 is 0 Å². The Kier molecular flexibility index (Phi) is 8.54. The molecule has 0 radical (unpaired) electrons. The Bertz CT molecular complexity index is 345. The van der Waals surface area contributed by atoms with Gasteiger partial charge in [0, 0.05) is 19.3 Å². The van der Waals surface area contributed by atoms with Crippen LogP contribution in [0.2, 0.25) is 0 Å². The zero-order valence-corrected chi connectivity index (χ0v) is 13.6. The van der Waals surface area contributed by atoms with Crippen molar-refractivity contribution in [1.29, 1.82) is 0 Å².